The molecule has 0 spiro atoms. The second-order valence-corrected chi connectivity index (χ2v) is 5.14. The van der Waals surface area contributed by atoms with E-state index in [2.05, 4.69) is 10.3 Å². The van der Waals surface area contributed by atoms with Crippen LogP contribution in [0.4, 0.5) is 13.2 Å². The van der Waals surface area contributed by atoms with Crippen LogP contribution in [0.15, 0.2) is 12.5 Å². The van der Waals surface area contributed by atoms with E-state index in [1.165, 1.54) is 0 Å². The Balaban J connectivity index is 1.77. The van der Waals surface area contributed by atoms with E-state index in [4.69, 9.17) is 0 Å². The van der Waals surface area contributed by atoms with Gasteiger partial charge in [-0.05, 0) is 32.6 Å². The molecule has 6 heteroatoms. The van der Waals surface area contributed by atoms with Crippen molar-refractivity contribution in [2.75, 3.05) is 0 Å². The molecule has 0 aromatic carbocycles. The maximum absolute atomic E-state index is 12.5. The molecule has 1 aliphatic carbocycles. The minimum atomic E-state index is -4.02. The highest BCUT2D eigenvalue weighted by molar-refractivity contribution is 4.98. The molecule has 0 atom stereocenters. The third kappa shape index (κ3) is 3.72. The molecule has 3 nitrogen and oxygen atoms in total. The number of nitrogens with zero attached hydrogens (tertiary/aromatic N) is 2. The quantitative estimate of drug-likeness (QED) is 0.915. The van der Waals surface area contributed by atoms with Gasteiger partial charge < -0.3 is 9.88 Å². The van der Waals surface area contributed by atoms with Crippen LogP contribution >= 0.6 is 0 Å². The minimum absolute atomic E-state index is 0.193. The largest absolute Gasteiger partial charge is 0.391 e. The van der Waals surface area contributed by atoms with Crippen molar-refractivity contribution < 1.29 is 13.2 Å². The van der Waals surface area contributed by atoms with Crippen molar-refractivity contribution in [3.8, 4) is 0 Å². The number of rotatable bonds is 4. The maximum atomic E-state index is 12.5. The second kappa shape index (κ2) is 5.94. The van der Waals surface area contributed by atoms with Crippen LogP contribution < -0.4 is 5.32 Å². The first-order valence-corrected chi connectivity index (χ1v) is 6.79. The van der Waals surface area contributed by atoms with Crippen LogP contribution in [0.25, 0.3) is 0 Å². The molecule has 1 aliphatic rings. The van der Waals surface area contributed by atoms with Gasteiger partial charge in [0.15, 0.2) is 0 Å². The lowest BCUT2D eigenvalue weighted by Crippen LogP contribution is -2.36. The minimum Gasteiger partial charge on any atom is -0.334 e. The summed E-state index contributed by atoms with van der Waals surface area (Å²) in [5.41, 5.74) is 1.08. The summed E-state index contributed by atoms with van der Waals surface area (Å²) >= 11 is 0. The Morgan fingerprint density at radius 2 is 2.00 bits per heavy atom. The highest BCUT2D eigenvalue weighted by Crippen LogP contribution is 2.37. The van der Waals surface area contributed by atoms with Crippen LogP contribution in [0, 0.1) is 5.92 Å². The van der Waals surface area contributed by atoms with E-state index >= 15 is 0 Å². The van der Waals surface area contributed by atoms with Gasteiger partial charge in [0.1, 0.15) is 0 Å². The normalized spacial score (nSPS) is 24.6. The van der Waals surface area contributed by atoms with Gasteiger partial charge in [-0.1, -0.05) is 0 Å². The standard InChI is InChI=1S/C13H20F3N3/c1-2-19-9-17-7-12(19)8-18-11-5-3-10(4-6-11)13(14,15)16/h7,9-11,18H,2-6,8H2,1H3. The van der Waals surface area contributed by atoms with Gasteiger partial charge in [0, 0.05) is 25.3 Å². The second-order valence-electron chi connectivity index (χ2n) is 5.14. The van der Waals surface area contributed by atoms with Crippen molar-refractivity contribution >= 4 is 0 Å². The summed E-state index contributed by atoms with van der Waals surface area (Å²) in [5, 5.41) is 3.34. The lowest BCUT2D eigenvalue weighted by atomic mass is 9.85. The molecule has 1 aromatic rings. The molecule has 0 unspecified atom stereocenters. The molecule has 1 heterocycles. The Hall–Kier alpha value is -1.04. The molecule has 0 aliphatic heterocycles. The molecule has 108 valence electrons. The van der Waals surface area contributed by atoms with Crippen LogP contribution in [0.1, 0.15) is 38.3 Å². The Labute approximate surface area is 111 Å². The molecular weight excluding hydrogens is 255 g/mol. The fourth-order valence-electron chi connectivity index (χ4n) is 2.65. The Morgan fingerprint density at radius 3 is 2.58 bits per heavy atom. The zero-order chi connectivity index (χ0) is 13.9. The molecule has 1 saturated carbocycles. The number of aromatic nitrogens is 2. The van der Waals surface area contributed by atoms with Crippen LogP contribution in [0.5, 0.6) is 0 Å². The van der Waals surface area contributed by atoms with Crippen LogP contribution in [-0.4, -0.2) is 21.8 Å². The first-order valence-electron chi connectivity index (χ1n) is 6.79. The SMILES string of the molecule is CCn1cncc1CNC1CCC(C(F)(F)F)CC1. The van der Waals surface area contributed by atoms with E-state index in [-0.39, 0.29) is 18.9 Å². The monoisotopic (exact) mass is 275 g/mol. The van der Waals surface area contributed by atoms with E-state index in [9.17, 15) is 13.2 Å². The summed E-state index contributed by atoms with van der Waals surface area (Å²) < 4.78 is 39.7. The van der Waals surface area contributed by atoms with E-state index in [1.807, 2.05) is 11.5 Å². The fourth-order valence-corrected chi connectivity index (χ4v) is 2.65. The zero-order valence-electron chi connectivity index (χ0n) is 11.1. The van der Waals surface area contributed by atoms with Crippen LogP contribution in [-0.2, 0) is 13.1 Å². The van der Waals surface area contributed by atoms with Crippen LogP contribution in [0.3, 0.4) is 0 Å². The van der Waals surface area contributed by atoms with Gasteiger partial charge in [-0.3, -0.25) is 0 Å². The molecular formula is C13H20F3N3. The number of hydrogen-bond acceptors (Lipinski definition) is 2. The third-order valence-electron chi connectivity index (χ3n) is 3.90. The summed E-state index contributed by atoms with van der Waals surface area (Å²) in [6, 6.07) is 0.193. The van der Waals surface area contributed by atoms with E-state index in [0.29, 0.717) is 19.4 Å². The van der Waals surface area contributed by atoms with Gasteiger partial charge in [0.05, 0.1) is 17.9 Å². The number of nitrogens with one attached hydrogen (secondary N) is 1. The molecule has 2 rings (SSSR count). The molecule has 1 N–H and O–H groups in total. The molecule has 1 aromatic heterocycles. The number of imidazole rings is 1. The van der Waals surface area contributed by atoms with Crippen molar-refractivity contribution in [1.82, 2.24) is 14.9 Å². The summed E-state index contributed by atoms with van der Waals surface area (Å²) in [5.74, 6) is -1.10. The van der Waals surface area contributed by atoms with Crippen molar-refractivity contribution in [2.45, 2.75) is 57.9 Å². The van der Waals surface area contributed by atoms with Crippen molar-refractivity contribution in [3.05, 3.63) is 18.2 Å². The average Bonchev–Trinajstić information content (AvgIpc) is 2.83. The lowest BCUT2D eigenvalue weighted by Gasteiger charge is -2.30. The molecule has 0 amide bonds. The molecule has 19 heavy (non-hydrogen) atoms. The third-order valence-corrected chi connectivity index (χ3v) is 3.90. The first-order chi connectivity index (χ1) is 9.00. The van der Waals surface area contributed by atoms with Crippen molar-refractivity contribution in [1.29, 1.82) is 0 Å². The molecule has 0 radical (unpaired) electrons. The highest BCUT2D eigenvalue weighted by Gasteiger charge is 2.41. The van der Waals surface area contributed by atoms with Gasteiger partial charge in [-0.15, -0.1) is 0 Å². The summed E-state index contributed by atoms with van der Waals surface area (Å²) in [7, 11) is 0. The predicted molar refractivity (Wildman–Crippen MR) is 66.5 cm³/mol. The van der Waals surface area contributed by atoms with Gasteiger partial charge >= 0.3 is 6.18 Å². The predicted octanol–water partition coefficient (Wildman–Crippen LogP) is 3.11. The smallest absolute Gasteiger partial charge is 0.334 e. The number of hydrogen-bond donors (Lipinski definition) is 1. The Bertz CT molecular complexity index is 392. The first kappa shape index (κ1) is 14.4. The maximum Gasteiger partial charge on any atom is 0.391 e. The molecule has 1 fully saturated rings. The van der Waals surface area contributed by atoms with Crippen molar-refractivity contribution in [3.63, 3.8) is 0 Å². The number of halogens is 3. The van der Waals surface area contributed by atoms with Gasteiger partial charge in [-0.2, -0.15) is 13.2 Å². The summed E-state index contributed by atoms with van der Waals surface area (Å²) in [6.45, 7) is 3.58. The number of aryl methyl sites for hydroxylation is 1. The van der Waals surface area contributed by atoms with Gasteiger partial charge in [0.25, 0.3) is 0 Å². The van der Waals surface area contributed by atoms with Gasteiger partial charge in [-0.25, -0.2) is 4.98 Å². The van der Waals surface area contributed by atoms with E-state index in [1.54, 1.807) is 12.5 Å². The average molecular weight is 275 g/mol. The Kier molecular flexibility index (Phi) is 4.50. The van der Waals surface area contributed by atoms with E-state index < -0.39 is 12.1 Å². The fraction of sp³-hybridized carbons (Fsp3) is 0.769. The van der Waals surface area contributed by atoms with Crippen molar-refractivity contribution in [2.24, 2.45) is 5.92 Å². The topological polar surface area (TPSA) is 29.9 Å². The zero-order valence-corrected chi connectivity index (χ0v) is 11.1. The summed E-state index contributed by atoms with van der Waals surface area (Å²) in [6.07, 6.45) is 1.25. The Morgan fingerprint density at radius 1 is 1.32 bits per heavy atom. The summed E-state index contributed by atoms with van der Waals surface area (Å²) in [4.78, 5) is 4.08. The highest BCUT2D eigenvalue weighted by atomic mass is 19.4. The molecule has 0 bridgehead atoms. The van der Waals surface area contributed by atoms with E-state index in [0.717, 1.165) is 12.2 Å². The molecule has 0 saturated heterocycles. The lowest BCUT2D eigenvalue weighted by molar-refractivity contribution is -0.182. The van der Waals surface area contributed by atoms with Gasteiger partial charge in [0.2, 0.25) is 0 Å². The number of alkyl halides is 3. The van der Waals surface area contributed by atoms with Crippen LogP contribution in [0.2, 0.25) is 0 Å².